The molecule has 1 amide bonds. The van der Waals surface area contributed by atoms with Crippen molar-refractivity contribution < 1.29 is 18.8 Å². The van der Waals surface area contributed by atoms with Crippen molar-refractivity contribution in [2.24, 2.45) is 5.92 Å². The Balaban J connectivity index is 1.40. The standard InChI is InChI=1S/C25H30N4O4/c1-16-7-5-8-17(2)23(16)27-25(30)19-9-6-12-29(14-19)15-22-26-24(28-33-22)18-10-11-20(31-3)21(13-18)32-4/h5,7-8,10-11,13,19H,6,9,12,14-15H2,1-4H3,(H,27,30). The summed E-state index contributed by atoms with van der Waals surface area (Å²) in [6.07, 6.45) is 1.81. The van der Waals surface area contributed by atoms with E-state index in [1.165, 1.54) is 0 Å². The highest BCUT2D eigenvalue weighted by atomic mass is 16.5. The molecule has 33 heavy (non-hydrogen) atoms. The molecule has 2 heterocycles. The Morgan fingerprint density at radius 3 is 2.64 bits per heavy atom. The molecule has 1 atom stereocenters. The fourth-order valence-electron chi connectivity index (χ4n) is 4.25. The van der Waals surface area contributed by atoms with Crippen LogP contribution < -0.4 is 14.8 Å². The van der Waals surface area contributed by atoms with Crippen molar-refractivity contribution in [3.05, 3.63) is 53.4 Å². The van der Waals surface area contributed by atoms with E-state index in [1.807, 2.05) is 50.2 Å². The van der Waals surface area contributed by atoms with Gasteiger partial charge in [0.05, 0.1) is 26.7 Å². The normalized spacial score (nSPS) is 16.4. The molecule has 174 valence electrons. The van der Waals surface area contributed by atoms with E-state index in [4.69, 9.17) is 14.0 Å². The molecule has 0 radical (unpaired) electrons. The van der Waals surface area contributed by atoms with Gasteiger partial charge in [-0.1, -0.05) is 23.4 Å². The second kappa shape index (κ2) is 10.0. The average molecular weight is 451 g/mol. The lowest BCUT2D eigenvalue weighted by Crippen LogP contribution is -2.40. The number of benzene rings is 2. The van der Waals surface area contributed by atoms with Gasteiger partial charge in [0, 0.05) is 17.8 Å². The van der Waals surface area contributed by atoms with E-state index in [0.717, 1.165) is 41.8 Å². The highest BCUT2D eigenvalue weighted by Crippen LogP contribution is 2.31. The molecule has 0 aliphatic carbocycles. The van der Waals surface area contributed by atoms with Crippen LogP contribution in [0.15, 0.2) is 40.9 Å². The number of aryl methyl sites for hydroxylation is 2. The summed E-state index contributed by atoms with van der Waals surface area (Å²) in [5.41, 5.74) is 3.84. The van der Waals surface area contributed by atoms with Gasteiger partial charge in [0.1, 0.15) is 0 Å². The fraction of sp³-hybridized carbons (Fsp3) is 0.400. The third-order valence-electron chi connectivity index (χ3n) is 6.07. The minimum Gasteiger partial charge on any atom is -0.493 e. The number of hydrogen-bond donors (Lipinski definition) is 1. The quantitative estimate of drug-likeness (QED) is 0.576. The van der Waals surface area contributed by atoms with Gasteiger partial charge < -0.3 is 19.3 Å². The first-order valence-corrected chi connectivity index (χ1v) is 11.1. The van der Waals surface area contributed by atoms with Crippen molar-refractivity contribution in [1.82, 2.24) is 15.0 Å². The first-order chi connectivity index (χ1) is 16.0. The molecule has 1 saturated heterocycles. The maximum Gasteiger partial charge on any atom is 0.241 e. The molecule has 8 heteroatoms. The molecule has 1 N–H and O–H groups in total. The number of carbonyl (C=O) groups is 1. The molecule has 8 nitrogen and oxygen atoms in total. The molecule has 4 rings (SSSR count). The highest BCUT2D eigenvalue weighted by molar-refractivity contribution is 5.94. The monoisotopic (exact) mass is 450 g/mol. The number of amides is 1. The average Bonchev–Trinajstić information content (AvgIpc) is 3.29. The summed E-state index contributed by atoms with van der Waals surface area (Å²) < 4.78 is 16.1. The van der Waals surface area contributed by atoms with Gasteiger partial charge in [-0.05, 0) is 62.6 Å². The molecule has 0 bridgehead atoms. The Morgan fingerprint density at radius 2 is 1.91 bits per heavy atom. The molecule has 2 aromatic carbocycles. The summed E-state index contributed by atoms with van der Waals surface area (Å²) in [6.45, 7) is 6.09. The van der Waals surface area contributed by atoms with Crippen LogP contribution in [0.2, 0.25) is 0 Å². The van der Waals surface area contributed by atoms with Crippen molar-refractivity contribution >= 4 is 11.6 Å². The van der Waals surface area contributed by atoms with E-state index in [9.17, 15) is 4.79 Å². The molecule has 1 aliphatic heterocycles. The number of nitrogens with one attached hydrogen (secondary N) is 1. The van der Waals surface area contributed by atoms with Crippen LogP contribution in [0, 0.1) is 19.8 Å². The molecule has 1 aliphatic rings. The third kappa shape index (κ3) is 5.17. The van der Waals surface area contributed by atoms with Gasteiger partial charge in [-0.3, -0.25) is 9.69 Å². The van der Waals surface area contributed by atoms with Crippen LogP contribution in [0.4, 0.5) is 5.69 Å². The zero-order valence-electron chi connectivity index (χ0n) is 19.6. The van der Waals surface area contributed by atoms with Crippen LogP contribution in [0.3, 0.4) is 0 Å². The van der Waals surface area contributed by atoms with Crippen LogP contribution in [-0.2, 0) is 11.3 Å². The predicted molar refractivity (Wildman–Crippen MR) is 125 cm³/mol. The Labute approximate surface area is 193 Å². The Bertz CT molecular complexity index is 1110. The first kappa shape index (κ1) is 22.8. The summed E-state index contributed by atoms with van der Waals surface area (Å²) in [5.74, 6) is 2.25. The minimum absolute atomic E-state index is 0.0636. The molecule has 3 aromatic rings. The van der Waals surface area contributed by atoms with E-state index < -0.39 is 0 Å². The number of nitrogens with zero attached hydrogens (tertiary/aromatic N) is 3. The summed E-state index contributed by atoms with van der Waals surface area (Å²) in [4.78, 5) is 19.7. The largest absolute Gasteiger partial charge is 0.493 e. The van der Waals surface area contributed by atoms with Gasteiger partial charge in [0.25, 0.3) is 0 Å². The molecular formula is C25H30N4O4. The molecular weight excluding hydrogens is 420 g/mol. The van der Waals surface area contributed by atoms with Gasteiger partial charge in [0.2, 0.25) is 17.6 Å². The molecule has 1 aromatic heterocycles. The number of carbonyl (C=O) groups excluding carboxylic acids is 1. The van der Waals surface area contributed by atoms with Crippen LogP contribution in [-0.4, -0.2) is 48.3 Å². The summed E-state index contributed by atoms with van der Waals surface area (Å²) >= 11 is 0. The fourth-order valence-corrected chi connectivity index (χ4v) is 4.25. The maximum atomic E-state index is 13.0. The number of likely N-dealkylation sites (tertiary alicyclic amines) is 1. The Hall–Kier alpha value is -3.39. The Kier molecular flexibility index (Phi) is 6.93. The van der Waals surface area contributed by atoms with Crippen LogP contribution >= 0.6 is 0 Å². The van der Waals surface area contributed by atoms with Gasteiger partial charge in [-0.2, -0.15) is 4.98 Å². The zero-order chi connectivity index (χ0) is 23.4. The SMILES string of the molecule is COc1ccc(-c2noc(CN3CCCC(C(=O)Nc4c(C)cccc4C)C3)n2)cc1OC. The van der Waals surface area contributed by atoms with Crippen molar-refractivity contribution in [3.8, 4) is 22.9 Å². The lowest BCUT2D eigenvalue weighted by atomic mass is 9.96. The van der Waals surface area contributed by atoms with E-state index in [-0.39, 0.29) is 11.8 Å². The predicted octanol–water partition coefficient (Wildman–Crippen LogP) is 4.22. The number of para-hydroxylation sites is 1. The number of aromatic nitrogens is 2. The number of hydrogen-bond acceptors (Lipinski definition) is 7. The van der Waals surface area contributed by atoms with Gasteiger partial charge in [-0.25, -0.2) is 0 Å². The zero-order valence-corrected chi connectivity index (χ0v) is 19.6. The molecule has 0 saturated carbocycles. The van der Waals surface area contributed by atoms with E-state index >= 15 is 0 Å². The Morgan fingerprint density at radius 1 is 1.15 bits per heavy atom. The van der Waals surface area contributed by atoms with Gasteiger partial charge >= 0.3 is 0 Å². The second-order valence-electron chi connectivity index (χ2n) is 8.41. The van der Waals surface area contributed by atoms with Crippen molar-refractivity contribution in [2.75, 3.05) is 32.6 Å². The number of methoxy groups -OCH3 is 2. The lowest BCUT2D eigenvalue weighted by molar-refractivity contribution is -0.121. The number of rotatable bonds is 7. The van der Waals surface area contributed by atoms with Gasteiger partial charge in [0.15, 0.2) is 11.5 Å². The second-order valence-corrected chi connectivity index (χ2v) is 8.41. The summed E-state index contributed by atoms with van der Waals surface area (Å²) in [6, 6.07) is 11.5. The number of anilines is 1. The number of ether oxygens (including phenoxy) is 2. The smallest absolute Gasteiger partial charge is 0.241 e. The van der Waals surface area contributed by atoms with Crippen LogP contribution in [0.1, 0.15) is 29.9 Å². The van der Waals surface area contributed by atoms with Crippen molar-refractivity contribution in [2.45, 2.75) is 33.2 Å². The van der Waals surface area contributed by atoms with E-state index in [1.54, 1.807) is 14.2 Å². The highest BCUT2D eigenvalue weighted by Gasteiger charge is 2.27. The minimum atomic E-state index is -0.0778. The van der Waals surface area contributed by atoms with Crippen LogP contribution in [0.5, 0.6) is 11.5 Å². The van der Waals surface area contributed by atoms with Gasteiger partial charge in [-0.15, -0.1) is 0 Å². The van der Waals surface area contributed by atoms with E-state index in [0.29, 0.717) is 36.3 Å². The molecule has 1 fully saturated rings. The maximum absolute atomic E-state index is 13.0. The topological polar surface area (TPSA) is 89.7 Å². The third-order valence-corrected chi connectivity index (χ3v) is 6.07. The van der Waals surface area contributed by atoms with Crippen molar-refractivity contribution in [3.63, 3.8) is 0 Å². The van der Waals surface area contributed by atoms with Crippen LogP contribution in [0.25, 0.3) is 11.4 Å². The first-order valence-electron chi connectivity index (χ1n) is 11.1. The lowest BCUT2D eigenvalue weighted by Gasteiger charge is -2.31. The molecule has 1 unspecified atom stereocenters. The van der Waals surface area contributed by atoms with Crippen molar-refractivity contribution in [1.29, 1.82) is 0 Å². The summed E-state index contributed by atoms with van der Waals surface area (Å²) in [7, 11) is 3.19. The number of piperidine rings is 1. The molecule has 0 spiro atoms. The van der Waals surface area contributed by atoms with E-state index in [2.05, 4.69) is 20.4 Å². The summed E-state index contributed by atoms with van der Waals surface area (Å²) in [5, 5.41) is 7.26.